The van der Waals surface area contributed by atoms with E-state index in [1.807, 2.05) is 0 Å². The van der Waals surface area contributed by atoms with Crippen LogP contribution in [0.5, 0.6) is 11.8 Å². The molecular formula is C22H19Cl2F3N10O9S. The minimum Gasteiger partial charge on any atom is -0.481 e. The number of methoxy groups -OCH3 is 2. The number of anilines is 2. The number of nitrogens with zero attached hydrogens (tertiary/aromatic N) is 7. The van der Waals surface area contributed by atoms with Gasteiger partial charge in [0, 0.05) is 7.05 Å². The summed E-state index contributed by atoms with van der Waals surface area (Å²) < 4.78 is 75.5. The summed E-state index contributed by atoms with van der Waals surface area (Å²) in [5.41, 5.74) is 3.19. The van der Waals surface area contributed by atoms with Crippen LogP contribution in [0.25, 0.3) is 5.69 Å². The molecule has 0 spiro atoms. The van der Waals surface area contributed by atoms with E-state index in [-0.39, 0.29) is 33.4 Å². The number of hydrogen-bond donors (Lipinski definition) is 4. The lowest BCUT2D eigenvalue weighted by molar-refractivity contribution is -0.383. The molecule has 0 saturated carbocycles. The second-order valence-electron chi connectivity index (χ2n) is 8.50. The smallest absolute Gasteiger partial charge is 0.416 e. The molecule has 1 aromatic carbocycles. The number of urea groups is 1. The number of carbonyl (C=O) groups excluding carboxylic acids is 1. The molecule has 0 aliphatic carbocycles. The Hall–Kier alpha value is -5.42. The van der Waals surface area contributed by atoms with Crippen LogP contribution in [0.3, 0.4) is 0 Å². The zero-order chi connectivity index (χ0) is 35.4. The number of nitrogens with one attached hydrogen (secondary N) is 2. The molecule has 19 nitrogen and oxygen atoms in total. The lowest BCUT2D eigenvalue weighted by Gasteiger charge is -2.12. The van der Waals surface area contributed by atoms with Crippen LogP contribution >= 0.6 is 23.2 Å². The van der Waals surface area contributed by atoms with E-state index in [2.05, 4.69) is 25.5 Å². The van der Waals surface area contributed by atoms with E-state index in [0.717, 1.165) is 21.8 Å². The Kier molecular flexibility index (Phi) is 10.7. The molecule has 0 saturated heterocycles. The third-order valence-electron chi connectivity index (χ3n) is 5.46. The third-order valence-corrected chi connectivity index (χ3v) is 7.48. The van der Waals surface area contributed by atoms with Crippen molar-refractivity contribution in [2.24, 2.45) is 7.05 Å². The molecular weight excluding hydrogens is 708 g/mol. The molecule has 0 fully saturated rings. The van der Waals surface area contributed by atoms with Gasteiger partial charge in [0.2, 0.25) is 23.5 Å². The molecule has 0 bridgehead atoms. The van der Waals surface area contributed by atoms with E-state index in [0.29, 0.717) is 12.1 Å². The lowest BCUT2D eigenvalue weighted by atomic mass is 10.2. The maximum Gasteiger partial charge on any atom is 0.416 e. The first-order valence-corrected chi connectivity index (χ1v) is 14.1. The number of ether oxygens (including phenoxy) is 2. The fourth-order valence-electron chi connectivity index (χ4n) is 3.46. The van der Waals surface area contributed by atoms with Crippen molar-refractivity contribution in [1.29, 1.82) is 0 Å². The zero-order valence-corrected chi connectivity index (χ0v) is 25.9. The van der Waals surface area contributed by atoms with Crippen LogP contribution in [0.2, 0.25) is 10.0 Å². The fourth-order valence-corrected chi connectivity index (χ4v) is 5.32. The normalized spacial score (nSPS) is 11.2. The first-order valence-electron chi connectivity index (χ1n) is 11.9. The number of carboxylic acids is 1. The Bertz CT molecular complexity index is 1920. The number of amides is 2. The van der Waals surface area contributed by atoms with Gasteiger partial charge >= 0.3 is 23.9 Å². The van der Waals surface area contributed by atoms with Gasteiger partial charge in [-0.25, -0.2) is 19.0 Å². The minimum atomic E-state index is -4.63. The number of nitrogens with two attached hydrogens (primary N) is 1. The van der Waals surface area contributed by atoms with E-state index >= 15 is 0 Å². The highest BCUT2D eigenvalue weighted by Crippen LogP contribution is 2.39. The second kappa shape index (κ2) is 13.9. The van der Waals surface area contributed by atoms with Crippen LogP contribution in [0, 0.1) is 10.1 Å². The summed E-state index contributed by atoms with van der Waals surface area (Å²) in [5, 5.41) is 27.5. The Labute approximate surface area is 270 Å². The van der Waals surface area contributed by atoms with E-state index in [4.69, 9.17) is 43.5 Å². The molecule has 252 valence electrons. The number of halogens is 5. The summed E-state index contributed by atoms with van der Waals surface area (Å²) in [6.07, 6.45) is -2.93. The summed E-state index contributed by atoms with van der Waals surface area (Å²) in [5.74, 6) is -2.08. The highest BCUT2D eigenvalue weighted by Gasteiger charge is 2.33. The topological polar surface area (TPSA) is 262 Å². The van der Waals surface area contributed by atoms with Crippen molar-refractivity contribution in [1.82, 2.24) is 34.3 Å². The van der Waals surface area contributed by atoms with Gasteiger partial charge in [0.05, 0.1) is 47.0 Å². The number of carboxylic acid groups (broad SMARTS) is 1. The van der Waals surface area contributed by atoms with E-state index in [1.54, 1.807) is 4.72 Å². The van der Waals surface area contributed by atoms with Gasteiger partial charge < -0.3 is 20.3 Å². The van der Waals surface area contributed by atoms with Gasteiger partial charge in [-0.3, -0.25) is 20.1 Å². The molecule has 0 atom stereocenters. The number of hydrogen-bond acceptors (Lipinski definition) is 13. The number of nitrogen functional groups attached to an aromatic ring is 1. The van der Waals surface area contributed by atoms with Crippen LogP contribution in [-0.4, -0.2) is 74.2 Å². The van der Waals surface area contributed by atoms with Crippen molar-refractivity contribution in [3.8, 4) is 17.4 Å². The van der Waals surface area contributed by atoms with Gasteiger partial charge in [0.1, 0.15) is 17.4 Å². The molecule has 5 N–H and O–H groups in total. The van der Waals surface area contributed by atoms with Gasteiger partial charge in [-0.15, -0.1) is 0 Å². The summed E-state index contributed by atoms with van der Waals surface area (Å²) in [4.78, 5) is 40.6. The van der Waals surface area contributed by atoms with E-state index in [9.17, 15) is 41.3 Å². The molecule has 4 aromatic rings. The molecule has 47 heavy (non-hydrogen) atoms. The van der Waals surface area contributed by atoms with Gasteiger partial charge in [0.25, 0.3) is 10.0 Å². The second-order valence-corrected chi connectivity index (χ2v) is 10.9. The SMILES string of the molecule is COc1cc(OC)nc(NC(=O)NS(=O)(=O)c2c(C(=O)O)cnn2C)n1.Nc1c([N+](=O)[O-])cnn1-c1c(Cl)cc(C(F)(F)F)cc1Cl. The van der Waals surface area contributed by atoms with Gasteiger partial charge in [-0.2, -0.15) is 41.8 Å². The van der Waals surface area contributed by atoms with Crippen LogP contribution in [0.15, 0.2) is 35.6 Å². The first kappa shape index (κ1) is 36.1. The third kappa shape index (κ3) is 8.25. The van der Waals surface area contributed by atoms with Crippen molar-refractivity contribution in [2.45, 2.75) is 11.2 Å². The number of carbonyl (C=O) groups is 2. The average Bonchev–Trinajstić information content (AvgIpc) is 3.55. The van der Waals surface area contributed by atoms with Crippen molar-refractivity contribution in [3.05, 3.63) is 61.9 Å². The molecule has 4 rings (SSSR count). The molecule has 2 amide bonds. The monoisotopic (exact) mass is 726 g/mol. The number of aryl methyl sites for hydroxylation is 1. The number of aromatic nitrogens is 6. The maximum atomic E-state index is 12.6. The molecule has 3 aromatic heterocycles. The van der Waals surface area contributed by atoms with Gasteiger partial charge in [0.15, 0.2) is 5.03 Å². The van der Waals surface area contributed by atoms with Gasteiger partial charge in [-0.05, 0) is 12.1 Å². The number of aromatic carboxylic acids is 1. The van der Waals surface area contributed by atoms with Crippen molar-refractivity contribution in [2.75, 3.05) is 25.3 Å². The Balaban J connectivity index is 0.000000261. The maximum absolute atomic E-state index is 12.6. The standard InChI is InChI=1S/C12H14N6O7S.C10H5Cl2F3N4O2/c1-18-9(6(5-13-18)10(19)20)26(22,23)17-12(21)16-11-14-7(24-2)4-8(15-11)25-3;11-5-1-4(10(13,14)15)2-6(12)8(5)18-9(16)7(3-17-18)19(20)21/h4-5H,1-3H3,(H,19,20)(H2,14,15,16,17,21);1-3H,16H2. The molecule has 25 heteroatoms. The number of rotatable bonds is 8. The Morgan fingerprint density at radius 1 is 1.06 bits per heavy atom. The zero-order valence-electron chi connectivity index (χ0n) is 23.6. The van der Waals surface area contributed by atoms with Crippen LogP contribution in [-0.2, 0) is 23.2 Å². The van der Waals surface area contributed by atoms with Crippen molar-refractivity contribution in [3.63, 3.8) is 0 Å². The fraction of sp³-hybridized carbons (Fsp3) is 0.182. The van der Waals surface area contributed by atoms with Crippen molar-refractivity contribution >= 4 is 62.7 Å². The van der Waals surface area contributed by atoms with E-state index in [1.165, 1.54) is 27.3 Å². The van der Waals surface area contributed by atoms with Crippen LogP contribution in [0.1, 0.15) is 15.9 Å². The molecule has 0 radical (unpaired) electrons. The first-order chi connectivity index (χ1) is 21.8. The van der Waals surface area contributed by atoms with Crippen molar-refractivity contribution < 1.29 is 50.7 Å². The molecule has 0 aliphatic rings. The van der Waals surface area contributed by atoms with Crippen LogP contribution in [0.4, 0.5) is 35.4 Å². The number of sulfonamides is 1. The highest BCUT2D eigenvalue weighted by atomic mass is 35.5. The number of nitro groups is 1. The summed E-state index contributed by atoms with van der Waals surface area (Å²) in [7, 11) is -0.667. The summed E-state index contributed by atoms with van der Waals surface area (Å²) >= 11 is 11.5. The average molecular weight is 727 g/mol. The molecule has 0 aliphatic heterocycles. The predicted molar refractivity (Wildman–Crippen MR) is 154 cm³/mol. The Morgan fingerprint density at radius 3 is 2.06 bits per heavy atom. The lowest BCUT2D eigenvalue weighted by Crippen LogP contribution is -2.36. The number of alkyl halides is 3. The van der Waals surface area contributed by atoms with Crippen LogP contribution < -0.4 is 25.2 Å². The summed E-state index contributed by atoms with van der Waals surface area (Å²) in [6, 6.07) is 1.39. The summed E-state index contributed by atoms with van der Waals surface area (Å²) in [6.45, 7) is 0. The predicted octanol–water partition coefficient (Wildman–Crippen LogP) is 3.12. The minimum absolute atomic E-state index is 0.0646. The molecule has 3 heterocycles. The number of benzene rings is 1. The van der Waals surface area contributed by atoms with Gasteiger partial charge in [-0.1, -0.05) is 23.2 Å². The largest absolute Gasteiger partial charge is 0.481 e. The van der Waals surface area contributed by atoms with E-state index < -0.39 is 60.8 Å². The highest BCUT2D eigenvalue weighted by molar-refractivity contribution is 7.90. The Morgan fingerprint density at radius 2 is 1.62 bits per heavy atom. The molecule has 0 unspecified atom stereocenters. The quantitative estimate of drug-likeness (QED) is 0.150.